The molecule has 5 N–H and O–H groups in total. The normalized spacial score (nSPS) is 20.5. The van der Waals surface area contributed by atoms with Gasteiger partial charge in [-0.1, -0.05) is 310 Å². The van der Waals surface area contributed by atoms with Crippen LogP contribution in [0.4, 0.5) is 44.8 Å². The quantitative estimate of drug-likeness (QED) is 0.0416. The summed E-state index contributed by atoms with van der Waals surface area (Å²) in [5, 5.41) is 35.0. The molecule has 5 unspecified atom stereocenters. The zero-order valence-electron chi connectivity index (χ0n) is 62.6. The summed E-state index contributed by atoms with van der Waals surface area (Å²) in [6.07, 6.45) is 49.2. The molecule has 114 heavy (non-hydrogen) atoms. The van der Waals surface area contributed by atoms with E-state index in [-0.39, 0.29) is 0 Å². The molecule has 0 saturated carbocycles. The molecule has 0 amide bonds. The number of hydrogen-bond donors (Lipinski definition) is 5. The molecule has 19 rings (SSSR count). The van der Waals surface area contributed by atoms with Gasteiger partial charge in [0.1, 0.15) is 5.00 Å². The third-order valence-corrected chi connectivity index (χ3v) is 28.4. The van der Waals surface area contributed by atoms with Crippen LogP contribution in [0.2, 0.25) is 0 Å². The minimum atomic E-state index is -0.622. The number of anilines is 8. The Morgan fingerprint density at radius 3 is 0.684 bits per heavy atom. The molecular formula is C102H82N6S6. The Kier molecular flexibility index (Phi) is 20.1. The van der Waals surface area contributed by atoms with Crippen LogP contribution < -0.4 is 31.5 Å². The van der Waals surface area contributed by atoms with E-state index in [0.717, 1.165) is 140 Å². The number of nitrogens with one attached hydrogen (secondary N) is 5. The van der Waals surface area contributed by atoms with Crippen molar-refractivity contribution < 1.29 is 0 Å². The molecule has 6 aromatic heterocycles. The third kappa shape index (κ3) is 13.7. The summed E-state index contributed by atoms with van der Waals surface area (Å²) in [5.74, 6) is 0. The topological polar surface area (TPSA) is 63.4 Å². The smallest absolute Gasteiger partial charge is 0.101 e. The first kappa shape index (κ1) is 72.4. The van der Waals surface area contributed by atoms with E-state index in [0.29, 0.717) is 0 Å². The summed E-state index contributed by atoms with van der Waals surface area (Å²) in [4.78, 5) is 9.15. The van der Waals surface area contributed by atoms with Crippen molar-refractivity contribution >= 4 is 113 Å². The van der Waals surface area contributed by atoms with E-state index in [4.69, 9.17) is 0 Å². The van der Waals surface area contributed by atoms with E-state index >= 15 is 0 Å². The summed E-state index contributed by atoms with van der Waals surface area (Å²) in [6.45, 7) is 0. The molecule has 14 aromatic rings. The monoisotopic (exact) mass is 1580 g/mol. The Hall–Kier alpha value is -11.8. The largest absolute Gasteiger partial charge is 0.371 e. The Morgan fingerprint density at radius 1 is 0.228 bits per heavy atom. The fourth-order valence-corrected chi connectivity index (χ4v) is 22.8. The molecule has 0 saturated heterocycles. The highest BCUT2D eigenvalue weighted by molar-refractivity contribution is 7.20. The number of nitrogens with zero attached hydrogens (tertiary/aromatic N) is 1. The molecule has 0 fully saturated rings. The molecule has 12 heteroatoms. The molecule has 5 atom stereocenters. The van der Waals surface area contributed by atoms with Gasteiger partial charge < -0.3 is 31.5 Å². The van der Waals surface area contributed by atoms with Crippen LogP contribution >= 0.6 is 68.0 Å². The second-order valence-corrected chi connectivity index (χ2v) is 35.1. The average molecular weight is 1580 g/mol. The highest BCUT2D eigenvalue weighted by Crippen LogP contribution is 2.65. The van der Waals surface area contributed by atoms with Crippen molar-refractivity contribution in [2.45, 2.75) is 59.8 Å². The molecule has 5 aliphatic rings. The van der Waals surface area contributed by atoms with Gasteiger partial charge in [-0.05, 0) is 154 Å². The summed E-state index contributed by atoms with van der Waals surface area (Å²) in [7, 11) is 0. The maximum Gasteiger partial charge on any atom is 0.101 e. The fraction of sp³-hybridized carbons (Fsp3) is 0.0980. The Balaban J connectivity index is 1.00. The van der Waals surface area contributed by atoms with E-state index < -0.39 is 27.7 Å². The highest BCUT2D eigenvalue weighted by atomic mass is 32.1. The van der Waals surface area contributed by atoms with Gasteiger partial charge in [-0.15, -0.1) is 68.0 Å². The second kappa shape index (κ2) is 31.6. The Morgan fingerprint density at radius 2 is 0.456 bits per heavy atom. The summed E-state index contributed by atoms with van der Waals surface area (Å²) in [5.41, 5.74) is 16.9. The van der Waals surface area contributed by atoms with Crippen LogP contribution in [0.25, 0.3) is 62.6 Å². The average Bonchev–Trinajstić information content (AvgIpc) is 1.40. The molecule has 556 valence electrons. The van der Waals surface area contributed by atoms with Crippen molar-refractivity contribution in [3.05, 3.63) is 431 Å². The molecule has 0 radical (unpaired) electrons. The summed E-state index contributed by atoms with van der Waals surface area (Å²) >= 11 is 10.9. The zero-order valence-corrected chi connectivity index (χ0v) is 67.5. The summed E-state index contributed by atoms with van der Waals surface area (Å²) in [6, 6.07) is 93.7. The van der Waals surface area contributed by atoms with Crippen molar-refractivity contribution in [3.8, 4) is 62.6 Å². The van der Waals surface area contributed by atoms with Crippen molar-refractivity contribution in [2.75, 3.05) is 31.5 Å². The fourth-order valence-electron chi connectivity index (χ4n) is 17.2. The Bertz CT molecular complexity index is 5800. The van der Waals surface area contributed by atoms with Crippen LogP contribution in [-0.2, 0) is 27.7 Å². The van der Waals surface area contributed by atoms with Crippen LogP contribution in [0.15, 0.2) is 403 Å². The van der Waals surface area contributed by atoms with Crippen LogP contribution in [-0.4, -0.2) is 0 Å². The van der Waals surface area contributed by atoms with Crippen molar-refractivity contribution in [2.24, 2.45) is 0 Å². The molecule has 0 bridgehead atoms. The van der Waals surface area contributed by atoms with Gasteiger partial charge in [0.05, 0.1) is 80.5 Å². The number of hydrogen-bond acceptors (Lipinski definition) is 12. The van der Waals surface area contributed by atoms with Crippen molar-refractivity contribution in [3.63, 3.8) is 0 Å². The van der Waals surface area contributed by atoms with Crippen molar-refractivity contribution in [1.82, 2.24) is 0 Å². The van der Waals surface area contributed by atoms with E-state index in [1.807, 2.05) is 68.0 Å². The predicted octanol–water partition coefficient (Wildman–Crippen LogP) is 29.6. The number of rotatable bonds is 24. The van der Waals surface area contributed by atoms with Gasteiger partial charge >= 0.3 is 0 Å². The Labute approximate surface area is 692 Å². The van der Waals surface area contributed by atoms with Gasteiger partial charge in [-0.25, -0.2) is 0 Å². The van der Waals surface area contributed by atoms with Crippen molar-refractivity contribution in [1.29, 1.82) is 0 Å². The van der Waals surface area contributed by atoms with Crippen LogP contribution in [0, 0.1) is 0 Å². The number of para-hydroxylation sites is 2. The first-order valence-corrected chi connectivity index (χ1v) is 44.1. The molecule has 8 aromatic carbocycles. The van der Waals surface area contributed by atoms with Crippen LogP contribution in [0.3, 0.4) is 0 Å². The minimum Gasteiger partial charge on any atom is -0.371 e. The first-order valence-electron chi connectivity index (χ1n) is 38.9. The second-order valence-electron chi connectivity index (χ2n) is 29.5. The number of thiophene rings is 6. The van der Waals surface area contributed by atoms with E-state index in [9.17, 15) is 0 Å². The number of allylic oxidation sites excluding steroid dienone is 10. The molecule has 6 heterocycles. The highest BCUT2D eigenvalue weighted by Gasteiger charge is 2.42. The lowest BCUT2D eigenvalue weighted by molar-refractivity contribution is 0.618. The van der Waals surface area contributed by atoms with E-state index in [2.05, 4.69) is 435 Å². The lowest BCUT2D eigenvalue weighted by atomic mass is 9.79. The lowest BCUT2D eigenvalue weighted by Gasteiger charge is -2.37. The maximum absolute atomic E-state index is 4.46. The van der Waals surface area contributed by atoms with Crippen LogP contribution in [0.5, 0.6) is 0 Å². The van der Waals surface area contributed by atoms with Gasteiger partial charge in [0, 0.05) is 49.6 Å². The van der Waals surface area contributed by atoms with Gasteiger partial charge in [0.2, 0.25) is 0 Å². The van der Waals surface area contributed by atoms with Gasteiger partial charge in [0.25, 0.3) is 0 Å². The van der Waals surface area contributed by atoms with Gasteiger partial charge in [0.15, 0.2) is 0 Å². The standard InChI is InChI=1S/C102H82N6S6/c1-13-37-73(38-14-1)98(58-27-8-28-59-98)103-80-53-68-109-93(80)88-87(85-51-52-86(114-85)108(78-47-23-6-24-48-78)79-49-25-7-26-50-79)89(94-81(54-69-110-94)104-99(60-29-9-30-61-99)74-39-15-2-16-40-74)91(96-83(56-71-112-96)106-101(64-33-11-34-65-101)76-43-19-4-20-44-76)92(97-84(57-72-113-97)107-102(66-35-12-36-67-102)77-45-21-5-22-46-77)90(88)95-82(55-70-111-95)105-100(62-31-10-32-63-100)75-41-17-3-18-42-75/h1-58,60,62,64,66,68-72,103-107H,59,61,63,65,67H2. The molecule has 0 spiro atoms. The molecule has 6 nitrogen and oxygen atoms in total. The van der Waals surface area contributed by atoms with Crippen LogP contribution in [0.1, 0.15) is 59.9 Å². The van der Waals surface area contributed by atoms with Gasteiger partial charge in [-0.3, -0.25) is 0 Å². The number of benzene rings is 8. The molecular weight excluding hydrogens is 1500 g/mol. The SMILES string of the molecule is C1=CCC(Nc2ccsc2-c2c(-c3ccc(N(c4ccccc4)c4ccccc4)s3)c(-c3sccc3NC3(c4ccccc4)C=CC=CC3)c(-c3sccc3NC3(c4ccccc4)C=CC=CC3)c(-c3sccc3NC3(c4ccccc4)C=CC=CC3)c2-c2sccc2NC2(c3ccccc3)C=CC=CC2)(c2ccccc2)C=C1. The predicted molar refractivity (Wildman–Crippen MR) is 494 cm³/mol. The lowest BCUT2D eigenvalue weighted by Crippen LogP contribution is -2.34. The minimum absolute atomic E-state index is 0.621. The zero-order chi connectivity index (χ0) is 76.2. The van der Waals surface area contributed by atoms with E-state index in [1.54, 1.807) is 0 Å². The first-order chi connectivity index (χ1) is 56.4. The van der Waals surface area contributed by atoms with E-state index in [1.165, 1.54) is 27.8 Å². The summed E-state index contributed by atoms with van der Waals surface area (Å²) < 4.78 is 0. The third-order valence-electron chi connectivity index (χ3n) is 22.6. The maximum atomic E-state index is 4.46. The molecule has 0 aliphatic heterocycles. The van der Waals surface area contributed by atoms with Gasteiger partial charge in [-0.2, -0.15) is 0 Å². The molecule has 5 aliphatic carbocycles.